The van der Waals surface area contributed by atoms with Crippen LogP contribution < -0.4 is 10.7 Å². The van der Waals surface area contributed by atoms with Gasteiger partial charge in [-0.2, -0.15) is 0 Å². The van der Waals surface area contributed by atoms with Crippen LogP contribution in [-0.4, -0.2) is 42.0 Å². The van der Waals surface area contributed by atoms with E-state index in [1.807, 2.05) is 0 Å². The summed E-state index contributed by atoms with van der Waals surface area (Å²) in [4.78, 5) is 27.8. The largest absolute Gasteiger partial charge is 0.357 e. The van der Waals surface area contributed by atoms with E-state index in [-0.39, 0.29) is 11.3 Å². The van der Waals surface area contributed by atoms with Gasteiger partial charge in [0.25, 0.3) is 5.91 Å². The summed E-state index contributed by atoms with van der Waals surface area (Å²) < 4.78 is 0. The van der Waals surface area contributed by atoms with Gasteiger partial charge in [-0.05, 0) is 25.9 Å². The lowest BCUT2D eigenvalue weighted by atomic mass is 10.3. The van der Waals surface area contributed by atoms with Crippen LogP contribution in [0.3, 0.4) is 0 Å². The molecule has 1 aliphatic heterocycles. The summed E-state index contributed by atoms with van der Waals surface area (Å²) in [5.74, 6) is -0.220. The summed E-state index contributed by atoms with van der Waals surface area (Å²) in [6, 6.07) is 2.70. The van der Waals surface area contributed by atoms with Crippen LogP contribution in [0.4, 0.5) is 0 Å². The Kier molecular flexibility index (Phi) is 3.93. The van der Waals surface area contributed by atoms with E-state index in [1.165, 1.54) is 31.2 Å². The van der Waals surface area contributed by atoms with Crippen molar-refractivity contribution in [3.8, 4) is 0 Å². The van der Waals surface area contributed by atoms with Crippen LogP contribution in [0.1, 0.15) is 23.3 Å². The Morgan fingerprint density at radius 3 is 2.88 bits per heavy atom. The zero-order valence-corrected chi connectivity index (χ0v) is 9.74. The first kappa shape index (κ1) is 11.9. The van der Waals surface area contributed by atoms with Crippen LogP contribution in [0.15, 0.2) is 23.1 Å². The van der Waals surface area contributed by atoms with Gasteiger partial charge < -0.3 is 15.2 Å². The number of aromatic nitrogens is 1. The van der Waals surface area contributed by atoms with Crippen LogP contribution >= 0.6 is 0 Å². The van der Waals surface area contributed by atoms with E-state index < -0.39 is 0 Å². The van der Waals surface area contributed by atoms with Crippen LogP contribution in [0, 0.1) is 0 Å². The third-order valence-electron chi connectivity index (χ3n) is 2.93. The van der Waals surface area contributed by atoms with Crippen molar-refractivity contribution in [3.63, 3.8) is 0 Å². The molecule has 0 saturated carbocycles. The average Bonchev–Trinajstić information content (AvgIpc) is 2.82. The Bertz CT molecular complexity index is 435. The van der Waals surface area contributed by atoms with Crippen LogP contribution in [0.5, 0.6) is 0 Å². The molecule has 0 atom stereocenters. The lowest BCUT2D eigenvalue weighted by Gasteiger charge is -2.14. The maximum Gasteiger partial charge on any atom is 0.267 e. The quantitative estimate of drug-likeness (QED) is 0.783. The van der Waals surface area contributed by atoms with Crippen molar-refractivity contribution in [1.82, 2.24) is 15.2 Å². The number of nitrogens with one attached hydrogen (secondary N) is 2. The predicted molar refractivity (Wildman–Crippen MR) is 65.1 cm³/mol. The molecule has 1 saturated heterocycles. The molecule has 92 valence electrons. The minimum Gasteiger partial charge on any atom is -0.357 e. The molecule has 2 N–H and O–H groups in total. The molecule has 2 rings (SSSR count). The Hall–Kier alpha value is -1.62. The van der Waals surface area contributed by atoms with E-state index in [2.05, 4.69) is 15.2 Å². The SMILES string of the molecule is O=C(NCCN1CCCC1)c1cc(=O)cc[nH]1. The van der Waals surface area contributed by atoms with Gasteiger partial charge >= 0.3 is 0 Å². The second-order valence-corrected chi connectivity index (χ2v) is 4.24. The molecular weight excluding hydrogens is 218 g/mol. The summed E-state index contributed by atoms with van der Waals surface area (Å²) in [5.41, 5.74) is 0.160. The zero-order valence-electron chi connectivity index (χ0n) is 9.74. The van der Waals surface area contributed by atoms with Gasteiger partial charge in [-0.1, -0.05) is 0 Å². The van der Waals surface area contributed by atoms with E-state index in [1.54, 1.807) is 0 Å². The molecule has 1 aromatic heterocycles. The molecule has 2 heterocycles. The van der Waals surface area contributed by atoms with Gasteiger partial charge in [-0.3, -0.25) is 9.59 Å². The van der Waals surface area contributed by atoms with Gasteiger partial charge in [0.2, 0.25) is 0 Å². The monoisotopic (exact) mass is 235 g/mol. The van der Waals surface area contributed by atoms with Crippen molar-refractivity contribution in [1.29, 1.82) is 0 Å². The summed E-state index contributed by atoms with van der Waals surface area (Å²) in [5, 5.41) is 2.80. The number of likely N-dealkylation sites (tertiary alicyclic amines) is 1. The van der Waals surface area contributed by atoms with Crippen molar-refractivity contribution in [3.05, 3.63) is 34.2 Å². The van der Waals surface area contributed by atoms with E-state index in [9.17, 15) is 9.59 Å². The molecule has 1 amide bonds. The third-order valence-corrected chi connectivity index (χ3v) is 2.93. The van der Waals surface area contributed by atoms with Gasteiger partial charge in [0, 0.05) is 31.4 Å². The van der Waals surface area contributed by atoms with Crippen molar-refractivity contribution >= 4 is 5.91 Å². The van der Waals surface area contributed by atoms with Crippen LogP contribution in [0.2, 0.25) is 0 Å². The highest BCUT2D eigenvalue weighted by Crippen LogP contribution is 2.05. The van der Waals surface area contributed by atoms with Gasteiger partial charge in [0.15, 0.2) is 5.43 Å². The summed E-state index contributed by atoms with van der Waals surface area (Å²) >= 11 is 0. The first-order chi connectivity index (χ1) is 8.25. The predicted octanol–water partition coefficient (Wildman–Crippen LogP) is 0.200. The molecule has 0 bridgehead atoms. The fourth-order valence-electron chi connectivity index (χ4n) is 2.01. The fraction of sp³-hybridized carbons (Fsp3) is 0.500. The van der Waals surface area contributed by atoms with Gasteiger partial charge in [-0.15, -0.1) is 0 Å². The van der Waals surface area contributed by atoms with Crippen molar-refractivity contribution < 1.29 is 4.79 Å². The zero-order chi connectivity index (χ0) is 12.1. The van der Waals surface area contributed by atoms with Crippen molar-refractivity contribution in [2.24, 2.45) is 0 Å². The molecule has 5 heteroatoms. The van der Waals surface area contributed by atoms with Gasteiger partial charge in [0.05, 0.1) is 0 Å². The number of H-pyrrole nitrogens is 1. The van der Waals surface area contributed by atoms with E-state index in [4.69, 9.17) is 0 Å². The molecule has 1 aliphatic rings. The lowest BCUT2D eigenvalue weighted by molar-refractivity contribution is 0.0944. The van der Waals surface area contributed by atoms with E-state index in [0.717, 1.165) is 19.6 Å². The number of rotatable bonds is 4. The highest BCUT2D eigenvalue weighted by molar-refractivity contribution is 5.92. The number of amides is 1. The average molecular weight is 235 g/mol. The Balaban J connectivity index is 1.79. The fourth-order valence-corrected chi connectivity index (χ4v) is 2.01. The Morgan fingerprint density at radius 2 is 2.18 bits per heavy atom. The van der Waals surface area contributed by atoms with Crippen LogP contribution in [0.25, 0.3) is 0 Å². The third kappa shape index (κ3) is 3.42. The van der Waals surface area contributed by atoms with E-state index in [0.29, 0.717) is 12.2 Å². The Labute approximate surface area is 99.8 Å². The molecule has 17 heavy (non-hydrogen) atoms. The topological polar surface area (TPSA) is 65.2 Å². The van der Waals surface area contributed by atoms with Crippen molar-refractivity contribution in [2.75, 3.05) is 26.2 Å². The standard InChI is InChI=1S/C12H17N3O2/c16-10-3-4-13-11(9-10)12(17)14-5-8-15-6-1-2-7-15/h3-4,9H,1-2,5-8H2,(H,13,16)(H,14,17). The Morgan fingerprint density at radius 1 is 1.41 bits per heavy atom. The maximum absolute atomic E-state index is 11.7. The molecule has 0 aromatic carbocycles. The van der Waals surface area contributed by atoms with Gasteiger partial charge in [-0.25, -0.2) is 0 Å². The molecule has 0 aliphatic carbocycles. The number of hydrogen-bond donors (Lipinski definition) is 2. The molecule has 1 fully saturated rings. The highest BCUT2D eigenvalue weighted by Gasteiger charge is 2.11. The summed E-state index contributed by atoms with van der Waals surface area (Å²) in [6.45, 7) is 3.74. The summed E-state index contributed by atoms with van der Waals surface area (Å²) in [6.07, 6.45) is 3.98. The second kappa shape index (κ2) is 5.63. The number of pyridine rings is 1. The molecule has 0 unspecified atom stereocenters. The number of hydrogen-bond acceptors (Lipinski definition) is 3. The number of carbonyl (C=O) groups excluding carboxylic acids is 1. The van der Waals surface area contributed by atoms with Crippen LogP contribution in [-0.2, 0) is 0 Å². The highest BCUT2D eigenvalue weighted by atomic mass is 16.2. The minimum absolute atomic E-state index is 0.159. The molecule has 0 spiro atoms. The molecule has 5 nitrogen and oxygen atoms in total. The first-order valence-electron chi connectivity index (χ1n) is 5.95. The second-order valence-electron chi connectivity index (χ2n) is 4.24. The number of carbonyl (C=O) groups is 1. The normalized spacial score (nSPS) is 16.0. The number of aromatic amines is 1. The minimum atomic E-state index is -0.220. The van der Waals surface area contributed by atoms with Crippen molar-refractivity contribution in [2.45, 2.75) is 12.8 Å². The summed E-state index contributed by atoms with van der Waals surface area (Å²) in [7, 11) is 0. The van der Waals surface area contributed by atoms with E-state index >= 15 is 0 Å². The maximum atomic E-state index is 11.7. The molecular formula is C12H17N3O2. The molecule has 1 aromatic rings. The van der Waals surface area contributed by atoms with Gasteiger partial charge in [0.1, 0.15) is 5.69 Å². The molecule has 0 radical (unpaired) electrons. The lowest BCUT2D eigenvalue weighted by Crippen LogP contribution is -2.34. The number of nitrogens with zero attached hydrogens (tertiary/aromatic N) is 1. The first-order valence-corrected chi connectivity index (χ1v) is 5.95. The smallest absolute Gasteiger partial charge is 0.267 e.